The van der Waals surface area contributed by atoms with Crippen LogP contribution < -0.4 is 10.5 Å². The van der Waals surface area contributed by atoms with Gasteiger partial charge in [0.25, 0.3) is 5.56 Å². The Morgan fingerprint density at radius 1 is 1.47 bits per heavy atom. The number of aryl methyl sites for hydroxylation is 1. The Labute approximate surface area is 121 Å². The maximum Gasteiger partial charge on any atom is 0.268 e. The van der Waals surface area contributed by atoms with Gasteiger partial charge in [0.1, 0.15) is 0 Å². The highest BCUT2D eigenvalue weighted by Gasteiger charge is 2.19. The molecule has 106 valence electrons. The molecule has 1 aliphatic heterocycles. The van der Waals surface area contributed by atoms with Gasteiger partial charge in [0.05, 0.1) is 18.0 Å². The molecule has 0 atom stereocenters. The first-order valence-corrected chi connectivity index (χ1v) is 7.77. The highest BCUT2D eigenvalue weighted by Crippen LogP contribution is 2.18. The zero-order chi connectivity index (χ0) is 13.7. The first-order valence-electron chi connectivity index (χ1n) is 6.65. The minimum Gasteiger partial charge on any atom is -0.381 e. The summed E-state index contributed by atoms with van der Waals surface area (Å²) in [7, 11) is 1.76. The van der Waals surface area contributed by atoms with E-state index in [9.17, 15) is 4.79 Å². The largest absolute Gasteiger partial charge is 0.381 e. The maximum absolute atomic E-state index is 11.9. The van der Waals surface area contributed by atoms with Crippen molar-refractivity contribution in [3.05, 3.63) is 22.6 Å². The molecule has 2 heterocycles. The van der Waals surface area contributed by atoms with Gasteiger partial charge in [0, 0.05) is 38.1 Å². The van der Waals surface area contributed by atoms with Gasteiger partial charge in [0.2, 0.25) is 0 Å². The van der Waals surface area contributed by atoms with Crippen molar-refractivity contribution in [2.45, 2.75) is 31.9 Å². The number of rotatable bonds is 5. The second kappa shape index (κ2) is 7.05. The van der Waals surface area contributed by atoms with Gasteiger partial charge in [-0.1, -0.05) is 15.9 Å². The van der Waals surface area contributed by atoms with Crippen molar-refractivity contribution in [1.29, 1.82) is 0 Å². The number of aromatic nitrogens is 2. The highest BCUT2D eigenvalue weighted by atomic mass is 79.9. The summed E-state index contributed by atoms with van der Waals surface area (Å²) in [6.07, 6.45) is 5.06. The summed E-state index contributed by atoms with van der Waals surface area (Å²) in [5.41, 5.74) is 0.905. The van der Waals surface area contributed by atoms with Crippen molar-refractivity contribution in [2.75, 3.05) is 30.4 Å². The first kappa shape index (κ1) is 14.5. The summed E-state index contributed by atoms with van der Waals surface area (Å²) in [5.74, 6) is 0. The average molecular weight is 330 g/mol. The molecule has 1 saturated heterocycles. The lowest BCUT2D eigenvalue weighted by Crippen LogP contribution is -2.37. The number of hydrogen-bond acceptors (Lipinski definition) is 4. The Balaban J connectivity index is 2.02. The fraction of sp³-hybridized carbons (Fsp3) is 0.692. The van der Waals surface area contributed by atoms with Gasteiger partial charge in [-0.05, 0) is 19.3 Å². The minimum atomic E-state index is -0.0210. The quantitative estimate of drug-likeness (QED) is 0.770. The molecule has 5 nitrogen and oxygen atoms in total. The second-order valence-corrected chi connectivity index (χ2v) is 5.53. The van der Waals surface area contributed by atoms with Gasteiger partial charge in [-0.2, -0.15) is 5.10 Å². The average Bonchev–Trinajstić information content (AvgIpc) is 2.46. The molecule has 0 amide bonds. The Bertz CT molecular complexity index is 455. The summed E-state index contributed by atoms with van der Waals surface area (Å²) in [5, 5.41) is 5.12. The summed E-state index contributed by atoms with van der Waals surface area (Å²) in [6, 6.07) is 1.69. The molecule has 0 aromatic carbocycles. The number of alkyl halides is 1. The lowest BCUT2D eigenvalue weighted by atomic mass is 10.1. The van der Waals surface area contributed by atoms with Gasteiger partial charge in [-0.25, -0.2) is 4.68 Å². The normalized spacial score (nSPS) is 16.8. The zero-order valence-electron chi connectivity index (χ0n) is 11.2. The molecule has 1 aromatic heterocycles. The number of halogens is 1. The highest BCUT2D eigenvalue weighted by molar-refractivity contribution is 9.09. The fourth-order valence-corrected chi connectivity index (χ4v) is 2.57. The van der Waals surface area contributed by atoms with Crippen LogP contribution in [-0.2, 0) is 11.3 Å². The predicted molar refractivity (Wildman–Crippen MR) is 79.2 cm³/mol. The second-order valence-electron chi connectivity index (χ2n) is 4.74. The van der Waals surface area contributed by atoms with E-state index in [4.69, 9.17) is 4.74 Å². The molecule has 0 bridgehead atoms. The number of ether oxygens (including phenoxy) is 1. The van der Waals surface area contributed by atoms with Gasteiger partial charge >= 0.3 is 0 Å². The van der Waals surface area contributed by atoms with Crippen molar-refractivity contribution in [1.82, 2.24) is 9.78 Å². The molecule has 1 aromatic rings. The van der Waals surface area contributed by atoms with Crippen LogP contribution in [0.25, 0.3) is 0 Å². The van der Waals surface area contributed by atoms with Gasteiger partial charge in [-0.3, -0.25) is 4.79 Å². The molecule has 2 rings (SSSR count). The summed E-state index contributed by atoms with van der Waals surface area (Å²) >= 11 is 3.36. The third kappa shape index (κ3) is 3.79. The van der Waals surface area contributed by atoms with Crippen LogP contribution in [0.2, 0.25) is 0 Å². The van der Waals surface area contributed by atoms with Crippen LogP contribution in [-0.4, -0.2) is 41.4 Å². The minimum absolute atomic E-state index is 0.0210. The Morgan fingerprint density at radius 3 is 2.79 bits per heavy atom. The third-order valence-corrected chi connectivity index (χ3v) is 4.06. The van der Waals surface area contributed by atoms with Crippen molar-refractivity contribution in [2.24, 2.45) is 0 Å². The van der Waals surface area contributed by atoms with E-state index >= 15 is 0 Å². The monoisotopic (exact) mass is 329 g/mol. The molecule has 0 radical (unpaired) electrons. The number of methoxy groups -OCH3 is 1. The third-order valence-electron chi connectivity index (χ3n) is 3.50. The molecule has 1 fully saturated rings. The van der Waals surface area contributed by atoms with Crippen LogP contribution in [0.15, 0.2) is 17.1 Å². The lowest BCUT2D eigenvalue weighted by molar-refractivity contribution is 0.0819. The van der Waals surface area contributed by atoms with Gasteiger partial charge < -0.3 is 9.64 Å². The van der Waals surface area contributed by atoms with E-state index in [1.54, 1.807) is 19.4 Å². The molecule has 0 unspecified atom stereocenters. The fourth-order valence-electron chi connectivity index (χ4n) is 2.32. The standard InChI is InChI=1S/C13H20BrN3O2/c1-19-12-3-7-16(8-4-12)11-9-13(18)17(15-10-11)6-2-5-14/h9-10,12H,2-8H2,1H3. The van der Waals surface area contributed by atoms with Crippen molar-refractivity contribution in [3.8, 4) is 0 Å². The molecular weight excluding hydrogens is 310 g/mol. The molecule has 1 aliphatic rings. The molecule has 19 heavy (non-hydrogen) atoms. The number of hydrogen-bond donors (Lipinski definition) is 0. The Kier molecular flexibility index (Phi) is 5.39. The van der Waals surface area contributed by atoms with Gasteiger partial charge in [-0.15, -0.1) is 0 Å². The molecule has 0 N–H and O–H groups in total. The Hall–Kier alpha value is -0.880. The van der Waals surface area contributed by atoms with E-state index in [-0.39, 0.29) is 5.56 Å². The van der Waals surface area contributed by atoms with E-state index in [0.29, 0.717) is 12.6 Å². The van der Waals surface area contributed by atoms with Crippen molar-refractivity contribution < 1.29 is 4.74 Å². The van der Waals surface area contributed by atoms with E-state index in [1.165, 1.54) is 4.68 Å². The summed E-state index contributed by atoms with van der Waals surface area (Å²) < 4.78 is 6.87. The maximum atomic E-state index is 11.9. The van der Waals surface area contributed by atoms with E-state index in [2.05, 4.69) is 25.9 Å². The molecule has 0 spiro atoms. The van der Waals surface area contributed by atoms with Gasteiger partial charge in [0.15, 0.2) is 0 Å². The predicted octanol–water partition coefficient (Wildman–Crippen LogP) is 1.64. The summed E-state index contributed by atoms with van der Waals surface area (Å²) in [4.78, 5) is 14.1. The topological polar surface area (TPSA) is 47.4 Å². The van der Waals surface area contributed by atoms with Crippen molar-refractivity contribution in [3.63, 3.8) is 0 Å². The summed E-state index contributed by atoms with van der Waals surface area (Å²) in [6.45, 7) is 2.51. The number of anilines is 1. The van der Waals surface area contributed by atoms with E-state index in [1.807, 2.05) is 0 Å². The molecular formula is C13H20BrN3O2. The van der Waals surface area contributed by atoms with E-state index in [0.717, 1.165) is 43.4 Å². The molecule has 6 heteroatoms. The van der Waals surface area contributed by atoms with Crippen LogP contribution in [0, 0.1) is 0 Å². The van der Waals surface area contributed by atoms with Crippen LogP contribution in [0.1, 0.15) is 19.3 Å². The Morgan fingerprint density at radius 2 is 2.21 bits per heavy atom. The molecule has 0 aliphatic carbocycles. The number of piperidine rings is 1. The van der Waals surface area contributed by atoms with Crippen LogP contribution in [0.4, 0.5) is 5.69 Å². The molecule has 0 saturated carbocycles. The SMILES string of the molecule is COC1CCN(c2cnn(CCCBr)c(=O)c2)CC1. The lowest BCUT2D eigenvalue weighted by Gasteiger charge is -2.32. The van der Waals surface area contributed by atoms with Crippen LogP contribution in [0.3, 0.4) is 0 Å². The van der Waals surface area contributed by atoms with E-state index < -0.39 is 0 Å². The first-order chi connectivity index (χ1) is 9.24. The number of nitrogens with zero attached hydrogens (tertiary/aromatic N) is 3. The zero-order valence-corrected chi connectivity index (χ0v) is 12.8. The smallest absolute Gasteiger partial charge is 0.268 e. The van der Waals surface area contributed by atoms with Crippen LogP contribution in [0.5, 0.6) is 0 Å². The van der Waals surface area contributed by atoms with Crippen molar-refractivity contribution >= 4 is 21.6 Å². The van der Waals surface area contributed by atoms with Crippen LogP contribution >= 0.6 is 15.9 Å².